The molecule has 0 aliphatic carbocycles. The predicted molar refractivity (Wildman–Crippen MR) is 315 cm³/mol. The molecule has 4 heterocycles. The molecule has 4 nitrogen and oxygen atoms in total. The molecule has 0 amide bonds. The van der Waals surface area contributed by atoms with Gasteiger partial charge in [0.05, 0.1) is 5.69 Å². The van der Waals surface area contributed by atoms with Gasteiger partial charge in [0, 0.05) is 61.6 Å². The zero-order chi connectivity index (χ0) is 50.4. The third-order valence-corrected chi connectivity index (χ3v) is 16.5. The van der Waals surface area contributed by atoms with Gasteiger partial charge in [-0.1, -0.05) is 183 Å². The van der Waals surface area contributed by atoms with E-state index in [1.54, 1.807) is 0 Å². The van der Waals surface area contributed by atoms with Crippen LogP contribution in [0.4, 0.5) is 45.5 Å². The van der Waals surface area contributed by atoms with Crippen molar-refractivity contribution < 1.29 is 4.42 Å². The molecule has 0 saturated carbocycles. The number of hydrogen-bond donors (Lipinski definition) is 0. The fourth-order valence-electron chi connectivity index (χ4n) is 12.6. The van der Waals surface area contributed by atoms with Gasteiger partial charge in [0.1, 0.15) is 11.2 Å². The average Bonchev–Trinajstić information content (AvgIpc) is 3.84. The monoisotopic (exact) mass is 955 g/mol. The summed E-state index contributed by atoms with van der Waals surface area (Å²) in [4.78, 5) is 7.73. The van der Waals surface area contributed by atoms with Crippen LogP contribution < -0.4 is 25.5 Å². The van der Waals surface area contributed by atoms with Crippen molar-refractivity contribution in [3.8, 4) is 22.3 Å². The Balaban J connectivity index is 1.10. The lowest BCUT2D eigenvalue weighted by Crippen LogP contribution is -2.62. The van der Waals surface area contributed by atoms with Gasteiger partial charge in [0.15, 0.2) is 0 Å². The van der Waals surface area contributed by atoms with E-state index >= 15 is 0 Å². The maximum Gasteiger partial charge on any atom is 0.333 e. The molecule has 3 aliphatic rings. The van der Waals surface area contributed by atoms with Crippen molar-refractivity contribution in [2.24, 2.45) is 0 Å². The molecule has 14 rings (SSSR count). The first-order chi connectivity index (χ1) is 35.7. The highest BCUT2D eigenvalue weighted by Gasteiger charge is 2.50. The van der Waals surface area contributed by atoms with E-state index in [9.17, 15) is 0 Å². The van der Waals surface area contributed by atoms with Gasteiger partial charge >= 0.3 is 6.85 Å². The molecule has 0 unspecified atom stereocenters. The second kappa shape index (κ2) is 15.9. The Labute approximate surface area is 435 Å². The minimum absolute atomic E-state index is 0.00934. The van der Waals surface area contributed by atoms with Crippen molar-refractivity contribution in [3.63, 3.8) is 0 Å². The van der Waals surface area contributed by atoms with Crippen molar-refractivity contribution in [2.45, 2.75) is 71.6 Å². The largest absolute Gasteiger partial charge is 0.456 e. The zero-order valence-corrected chi connectivity index (χ0v) is 43.5. The molecular weight excluding hydrogens is 898 g/mol. The van der Waals surface area contributed by atoms with E-state index in [0.717, 1.165) is 55.9 Å². The van der Waals surface area contributed by atoms with Crippen LogP contribution in [0.15, 0.2) is 211 Å². The molecule has 5 heteroatoms. The molecule has 0 radical (unpaired) electrons. The molecule has 11 aromatic rings. The van der Waals surface area contributed by atoms with E-state index in [1.807, 2.05) is 0 Å². The Bertz CT molecular complexity index is 4010. The lowest BCUT2D eigenvalue weighted by molar-refractivity contribution is 0.590. The lowest BCUT2D eigenvalue weighted by atomic mass is 9.42. The summed E-state index contributed by atoms with van der Waals surface area (Å²) in [5.74, 6) is 0. The van der Waals surface area contributed by atoms with Gasteiger partial charge in [-0.25, -0.2) is 0 Å². The smallest absolute Gasteiger partial charge is 0.333 e. The van der Waals surface area contributed by atoms with Crippen LogP contribution >= 0.6 is 0 Å². The Kier molecular flexibility index (Phi) is 9.52. The highest BCUT2D eigenvalue weighted by atomic mass is 16.3. The fourth-order valence-corrected chi connectivity index (χ4v) is 12.6. The van der Waals surface area contributed by atoms with Gasteiger partial charge in [-0.3, -0.25) is 0 Å². The molecule has 0 N–H and O–H groups in total. The first kappa shape index (κ1) is 44.4. The average molecular weight is 956 g/mol. The number of rotatable bonds is 5. The Morgan fingerprint density at radius 3 is 1.72 bits per heavy atom. The van der Waals surface area contributed by atoms with E-state index in [0.29, 0.717) is 0 Å². The van der Waals surface area contributed by atoms with Crippen LogP contribution in [0.2, 0.25) is 0 Å². The van der Waals surface area contributed by atoms with E-state index in [1.165, 1.54) is 77.7 Å². The maximum absolute atomic E-state index is 6.99. The van der Waals surface area contributed by atoms with E-state index < -0.39 is 0 Å². The summed E-state index contributed by atoms with van der Waals surface area (Å²) in [5, 5.41) is 4.60. The molecular formula is C69H58BN3O. The van der Waals surface area contributed by atoms with Gasteiger partial charge in [-0.15, -0.1) is 0 Å². The number of anilines is 8. The number of fused-ring (bicyclic) bond motifs is 10. The highest BCUT2D eigenvalue weighted by molar-refractivity contribution is 6.93. The number of nitrogens with zero attached hydrogens (tertiary/aromatic N) is 3. The first-order valence-electron chi connectivity index (χ1n) is 26.3. The van der Waals surface area contributed by atoms with Crippen molar-refractivity contribution in [1.29, 1.82) is 0 Å². The van der Waals surface area contributed by atoms with E-state index in [4.69, 9.17) is 4.42 Å². The standard InChI is InChI=1S/C69H58BN3O/c1-67(2,3)47-27-33-49(34-28-47)71(50-35-29-48(30-36-50)68(4,5)6)52-39-56-53-42-64-55(54-37-45-19-12-13-20-46(45)38-63(54)74-64)41-61(53)73(51-31-25-44(26-32-51)43-17-10-9-11-18-43)70-59-23-16-22-58-66(59)72(62(40-52)65(56)70)60-24-15-14-21-57(60)69(58,7)8/h9-42H,1-8H3. The molecule has 0 saturated heterocycles. The molecule has 0 bridgehead atoms. The second-order valence-corrected chi connectivity index (χ2v) is 23.4. The molecule has 74 heavy (non-hydrogen) atoms. The van der Waals surface area contributed by atoms with Crippen molar-refractivity contribution >= 4 is 96.0 Å². The molecule has 0 fully saturated rings. The quantitative estimate of drug-likeness (QED) is 0.160. The normalized spacial score (nSPS) is 14.2. The van der Waals surface area contributed by atoms with Crippen LogP contribution in [-0.4, -0.2) is 6.85 Å². The van der Waals surface area contributed by atoms with Gasteiger partial charge < -0.3 is 19.0 Å². The Morgan fingerprint density at radius 2 is 1.04 bits per heavy atom. The summed E-state index contributed by atoms with van der Waals surface area (Å²) in [6, 6.07) is 77.5. The number of furan rings is 1. The summed E-state index contributed by atoms with van der Waals surface area (Å²) < 4.78 is 6.99. The SMILES string of the molecule is CC(C)(C)c1ccc(N(c2ccc(C(C)(C)C)cc2)c2cc3c4c(c2)N2c5ccccc5C(C)(C)c5cccc(c52)B4N(c2ccc(-c4ccccc4)cc2)c2cc4c(cc2-3)oc2cc3ccccc3cc24)cc1. The van der Waals surface area contributed by atoms with Crippen LogP contribution in [-0.2, 0) is 16.2 Å². The minimum Gasteiger partial charge on any atom is -0.456 e. The zero-order valence-electron chi connectivity index (χ0n) is 43.5. The Morgan fingerprint density at radius 1 is 0.459 bits per heavy atom. The number of hydrogen-bond acceptors (Lipinski definition) is 4. The van der Waals surface area contributed by atoms with Crippen LogP contribution in [0.3, 0.4) is 0 Å². The summed E-state index contributed by atoms with van der Waals surface area (Å²) >= 11 is 0. The summed E-state index contributed by atoms with van der Waals surface area (Å²) in [6.45, 7) is 18.4. The lowest BCUT2D eigenvalue weighted by Gasteiger charge is -2.50. The number of benzene rings is 10. The molecule has 0 spiro atoms. The first-order valence-corrected chi connectivity index (χ1v) is 26.3. The van der Waals surface area contributed by atoms with Gasteiger partial charge in [-0.05, 0) is 150 Å². The summed E-state index contributed by atoms with van der Waals surface area (Å²) in [7, 11) is 0. The summed E-state index contributed by atoms with van der Waals surface area (Å²) in [6.07, 6.45) is 0. The van der Waals surface area contributed by atoms with Crippen LogP contribution in [0.5, 0.6) is 0 Å². The third-order valence-electron chi connectivity index (χ3n) is 16.5. The maximum atomic E-state index is 6.99. The summed E-state index contributed by atoms with van der Waals surface area (Å²) in [5.41, 5.74) is 23.3. The topological polar surface area (TPSA) is 22.9 Å². The van der Waals surface area contributed by atoms with Gasteiger partial charge in [0.2, 0.25) is 0 Å². The molecule has 10 aromatic carbocycles. The molecule has 0 atom stereocenters. The van der Waals surface area contributed by atoms with E-state index in [-0.39, 0.29) is 23.1 Å². The van der Waals surface area contributed by atoms with Crippen LogP contribution in [0, 0.1) is 0 Å². The highest BCUT2D eigenvalue weighted by Crippen LogP contribution is 2.56. The van der Waals surface area contributed by atoms with Gasteiger partial charge in [0.25, 0.3) is 0 Å². The molecule has 358 valence electrons. The van der Waals surface area contributed by atoms with Crippen LogP contribution in [0.1, 0.15) is 77.6 Å². The molecule has 1 aromatic heterocycles. The third kappa shape index (κ3) is 6.68. The van der Waals surface area contributed by atoms with Gasteiger partial charge in [-0.2, -0.15) is 0 Å². The second-order valence-electron chi connectivity index (χ2n) is 23.4. The van der Waals surface area contributed by atoms with Crippen molar-refractivity contribution in [2.75, 3.05) is 14.6 Å². The predicted octanol–water partition coefficient (Wildman–Crippen LogP) is 17.8. The van der Waals surface area contributed by atoms with Crippen LogP contribution in [0.25, 0.3) is 55.0 Å². The fraction of sp³-hybridized carbons (Fsp3) is 0.159. The Hall–Kier alpha value is -8.28. The number of para-hydroxylation sites is 2. The van der Waals surface area contributed by atoms with E-state index in [2.05, 4.69) is 276 Å². The van der Waals surface area contributed by atoms with Crippen molar-refractivity contribution in [3.05, 3.63) is 229 Å². The molecule has 3 aliphatic heterocycles. The van der Waals surface area contributed by atoms with Crippen molar-refractivity contribution in [1.82, 2.24) is 0 Å². The minimum atomic E-state index is -0.259.